The zero-order valence-electron chi connectivity index (χ0n) is 11.5. The maximum atomic E-state index is 10.8. The number of aliphatic hydroxyl groups excluding tert-OH is 1. The van der Waals surface area contributed by atoms with Gasteiger partial charge in [-0.05, 0) is 20.3 Å². The van der Waals surface area contributed by atoms with Crippen LogP contribution >= 0.6 is 0 Å². The van der Waals surface area contributed by atoms with Crippen LogP contribution in [-0.2, 0) is 19.0 Å². The van der Waals surface area contributed by atoms with E-state index in [2.05, 4.69) is 6.58 Å². The van der Waals surface area contributed by atoms with Crippen molar-refractivity contribution in [1.29, 1.82) is 0 Å². The minimum atomic E-state index is -0.489. The van der Waals surface area contributed by atoms with Gasteiger partial charge in [-0.15, -0.1) is 6.58 Å². The first-order valence-corrected chi connectivity index (χ1v) is 6.02. The molecule has 0 saturated carbocycles. The van der Waals surface area contributed by atoms with Crippen molar-refractivity contribution in [3.8, 4) is 0 Å². The van der Waals surface area contributed by atoms with Crippen LogP contribution in [0.5, 0.6) is 0 Å². The van der Waals surface area contributed by atoms with Gasteiger partial charge in [0.15, 0.2) is 0 Å². The predicted octanol–water partition coefficient (Wildman–Crippen LogP) is 1.30. The van der Waals surface area contributed by atoms with Crippen molar-refractivity contribution in [3.63, 3.8) is 0 Å². The van der Waals surface area contributed by atoms with Gasteiger partial charge in [-0.3, -0.25) is 4.79 Å². The Morgan fingerprint density at radius 2 is 2.11 bits per heavy atom. The zero-order chi connectivity index (χ0) is 14.0. The largest absolute Gasteiger partial charge is 0.463 e. The van der Waals surface area contributed by atoms with Crippen molar-refractivity contribution in [2.45, 2.75) is 38.9 Å². The highest BCUT2D eigenvalue weighted by Gasteiger charge is 2.24. The summed E-state index contributed by atoms with van der Waals surface area (Å²) in [5, 5.41) is 8.94. The van der Waals surface area contributed by atoms with E-state index in [0.29, 0.717) is 19.6 Å². The molecule has 0 spiro atoms. The summed E-state index contributed by atoms with van der Waals surface area (Å²) in [7, 11) is 0. The highest BCUT2D eigenvalue weighted by molar-refractivity contribution is 5.65. The smallest absolute Gasteiger partial charge is 0.302 e. The number of esters is 1. The maximum Gasteiger partial charge on any atom is 0.302 e. The molecule has 18 heavy (non-hydrogen) atoms. The lowest BCUT2D eigenvalue weighted by Gasteiger charge is -2.30. The van der Waals surface area contributed by atoms with E-state index >= 15 is 0 Å². The minimum absolute atomic E-state index is 0.0425. The van der Waals surface area contributed by atoms with Crippen molar-refractivity contribution >= 4 is 5.97 Å². The number of carbonyl (C=O) groups excluding carboxylic acids is 1. The highest BCUT2D eigenvalue weighted by atomic mass is 16.6. The first kappa shape index (κ1) is 17.1. The van der Waals surface area contributed by atoms with Crippen LogP contribution < -0.4 is 0 Å². The molecule has 0 aromatic heterocycles. The SMILES string of the molecule is C=CCOCC(COC(C)=O)OC(C)(C)CCO. The van der Waals surface area contributed by atoms with Gasteiger partial charge in [-0.25, -0.2) is 0 Å². The molecule has 0 bridgehead atoms. The summed E-state index contributed by atoms with van der Waals surface area (Å²) < 4.78 is 16.0. The van der Waals surface area contributed by atoms with Crippen LogP contribution in [0.3, 0.4) is 0 Å². The summed E-state index contributed by atoms with van der Waals surface area (Å²) in [6, 6.07) is 0. The highest BCUT2D eigenvalue weighted by Crippen LogP contribution is 2.17. The van der Waals surface area contributed by atoms with Crippen LogP contribution in [0.15, 0.2) is 12.7 Å². The summed E-state index contributed by atoms with van der Waals surface area (Å²) in [6.07, 6.45) is 1.79. The fraction of sp³-hybridized carbons (Fsp3) is 0.769. The quantitative estimate of drug-likeness (QED) is 0.364. The Kier molecular flexibility index (Phi) is 8.62. The molecule has 0 aliphatic carbocycles. The van der Waals surface area contributed by atoms with Crippen LogP contribution in [0.4, 0.5) is 0 Å². The lowest BCUT2D eigenvalue weighted by molar-refractivity contribution is -0.157. The van der Waals surface area contributed by atoms with Gasteiger partial charge in [0, 0.05) is 13.5 Å². The van der Waals surface area contributed by atoms with Gasteiger partial charge < -0.3 is 19.3 Å². The van der Waals surface area contributed by atoms with Gasteiger partial charge in [0.2, 0.25) is 0 Å². The average molecular weight is 260 g/mol. The molecule has 5 nitrogen and oxygen atoms in total. The Bertz CT molecular complexity index is 250. The molecular weight excluding hydrogens is 236 g/mol. The molecule has 1 unspecified atom stereocenters. The summed E-state index contributed by atoms with van der Waals surface area (Å²) in [5.74, 6) is -0.354. The Morgan fingerprint density at radius 1 is 1.44 bits per heavy atom. The Labute approximate surface area is 109 Å². The number of carbonyl (C=O) groups is 1. The molecule has 1 N–H and O–H groups in total. The number of aliphatic hydroxyl groups is 1. The molecule has 0 aromatic carbocycles. The standard InChI is InChI=1S/C13H24O5/c1-5-8-16-9-12(10-17-11(2)15)18-13(3,4)6-7-14/h5,12,14H,1,6-10H2,2-4H3. The first-order chi connectivity index (χ1) is 8.41. The molecule has 1 atom stereocenters. The average Bonchev–Trinajstić information content (AvgIpc) is 2.25. The fourth-order valence-electron chi connectivity index (χ4n) is 1.39. The monoisotopic (exact) mass is 260 g/mol. The van der Waals surface area contributed by atoms with Gasteiger partial charge >= 0.3 is 5.97 Å². The van der Waals surface area contributed by atoms with Crippen LogP contribution in [0.2, 0.25) is 0 Å². The molecule has 0 aromatic rings. The van der Waals surface area contributed by atoms with Gasteiger partial charge in [-0.1, -0.05) is 6.08 Å². The van der Waals surface area contributed by atoms with Crippen LogP contribution in [-0.4, -0.2) is 49.2 Å². The second-order valence-corrected chi connectivity index (χ2v) is 4.60. The molecule has 0 heterocycles. The maximum absolute atomic E-state index is 10.8. The molecule has 106 valence electrons. The van der Waals surface area contributed by atoms with E-state index < -0.39 is 5.60 Å². The second-order valence-electron chi connectivity index (χ2n) is 4.60. The molecule has 0 amide bonds. The first-order valence-electron chi connectivity index (χ1n) is 6.02. The van der Waals surface area contributed by atoms with Crippen LogP contribution in [0.1, 0.15) is 27.2 Å². The lowest BCUT2D eigenvalue weighted by atomic mass is 10.1. The number of ether oxygens (including phenoxy) is 3. The summed E-state index contributed by atoms with van der Waals surface area (Å²) in [6.45, 7) is 9.56. The predicted molar refractivity (Wildman–Crippen MR) is 68.3 cm³/mol. The van der Waals surface area contributed by atoms with E-state index in [1.165, 1.54) is 6.92 Å². The molecular formula is C13H24O5. The zero-order valence-corrected chi connectivity index (χ0v) is 11.5. The van der Waals surface area contributed by atoms with E-state index in [1.54, 1.807) is 6.08 Å². The van der Waals surface area contributed by atoms with Crippen molar-refractivity contribution in [2.75, 3.05) is 26.4 Å². The van der Waals surface area contributed by atoms with Crippen molar-refractivity contribution < 1.29 is 24.1 Å². The van der Waals surface area contributed by atoms with E-state index in [0.717, 1.165) is 0 Å². The fourth-order valence-corrected chi connectivity index (χ4v) is 1.39. The minimum Gasteiger partial charge on any atom is -0.463 e. The van der Waals surface area contributed by atoms with Gasteiger partial charge in [-0.2, -0.15) is 0 Å². The molecule has 5 heteroatoms. The summed E-state index contributed by atoms with van der Waals surface area (Å²) in [4.78, 5) is 10.8. The van der Waals surface area contributed by atoms with E-state index in [1.807, 2.05) is 13.8 Å². The van der Waals surface area contributed by atoms with Crippen LogP contribution in [0, 0.1) is 0 Å². The lowest BCUT2D eigenvalue weighted by Crippen LogP contribution is -2.37. The van der Waals surface area contributed by atoms with Gasteiger partial charge in [0.1, 0.15) is 12.7 Å². The number of hydrogen-bond acceptors (Lipinski definition) is 5. The van der Waals surface area contributed by atoms with Crippen molar-refractivity contribution in [1.82, 2.24) is 0 Å². The Hall–Kier alpha value is -0.910. The normalized spacial score (nSPS) is 13.1. The third-order valence-electron chi connectivity index (χ3n) is 2.21. The van der Waals surface area contributed by atoms with Gasteiger partial charge in [0.25, 0.3) is 0 Å². The summed E-state index contributed by atoms with van der Waals surface area (Å²) >= 11 is 0. The third kappa shape index (κ3) is 9.15. The molecule has 0 aliphatic heterocycles. The molecule has 0 aliphatic rings. The Balaban J connectivity index is 4.25. The van der Waals surface area contributed by atoms with E-state index in [9.17, 15) is 4.79 Å². The topological polar surface area (TPSA) is 65.0 Å². The van der Waals surface area contributed by atoms with Crippen molar-refractivity contribution in [2.24, 2.45) is 0 Å². The summed E-state index contributed by atoms with van der Waals surface area (Å²) in [5.41, 5.74) is -0.489. The Morgan fingerprint density at radius 3 is 2.61 bits per heavy atom. The van der Waals surface area contributed by atoms with Crippen molar-refractivity contribution in [3.05, 3.63) is 12.7 Å². The molecule has 0 radical (unpaired) electrons. The molecule has 0 fully saturated rings. The van der Waals surface area contributed by atoms with Crippen LogP contribution in [0.25, 0.3) is 0 Å². The second kappa shape index (κ2) is 9.08. The number of rotatable bonds is 10. The third-order valence-corrected chi connectivity index (χ3v) is 2.21. The van der Waals surface area contributed by atoms with E-state index in [4.69, 9.17) is 19.3 Å². The van der Waals surface area contributed by atoms with Gasteiger partial charge in [0.05, 0.1) is 18.8 Å². The van der Waals surface area contributed by atoms with E-state index in [-0.39, 0.29) is 25.3 Å². The molecule has 0 rings (SSSR count). The number of hydrogen-bond donors (Lipinski definition) is 1. The molecule has 0 saturated heterocycles.